The topological polar surface area (TPSA) is 52.6 Å². The summed E-state index contributed by atoms with van der Waals surface area (Å²) in [5.41, 5.74) is 1.31. The van der Waals surface area contributed by atoms with Gasteiger partial charge in [0.15, 0.2) is 0 Å². The smallest absolute Gasteiger partial charge is 0.320 e. The molecule has 0 aromatic heterocycles. The molecule has 1 aromatic carbocycles. The summed E-state index contributed by atoms with van der Waals surface area (Å²) in [6.45, 7) is 5.83. The molecule has 4 nitrogen and oxygen atoms in total. The minimum Gasteiger partial charge on any atom is -0.480 e. The van der Waals surface area contributed by atoms with Crippen LogP contribution in [-0.4, -0.2) is 41.1 Å². The van der Waals surface area contributed by atoms with Crippen LogP contribution >= 0.6 is 0 Å². The van der Waals surface area contributed by atoms with E-state index < -0.39 is 12.0 Å². The first kappa shape index (κ1) is 14.0. The predicted molar refractivity (Wildman–Crippen MR) is 75.1 cm³/mol. The Bertz CT molecular complexity index is 421. The molecule has 1 aliphatic rings. The average molecular weight is 262 g/mol. The Morgan fingerprint density at radius 3 is 2.68 bits per heavy atom. The Labute approximate surface area is 114 Å². The molecule has 1 saturated heterocycles. The van der Waals surface area contributed by atoms with E-state index in [2.05, 4.69) is 41.4 Å². The van der Waals surface area contributed by atoms with Gasteiger partial charge in [0, 0.05) is 25.2 Å². The molecule has 104 valence electrons. The number of carboxylic acid groups (broad SMARTS) is 1. The zero-order chi connectivity index (χ0) is 13.8. The highest BCUT2D eigenvalue weighted by Crippen LogP contribution is 2.24. The fourth-order valence-corrected chi connectivity index (χ4v) is 2.64. The number of nitrogens with zero attached hydrogens (tertiary/aromatic N) is 1. The third-order valence-corrected chi connectivity index (χ3v) is 3.91. The van der Waals surface area contributed by atoms with E-state index in [0.717, 1.165) is 19.5 Å². The van der Waals surface area contributed by atoms with Crippen molar-refractivity contribution in [3.63, 3.8) is 0 Å². The molecular weight excluding hydrogens is 240 g/mol. The number of hydrogen-bond acceptors (Lipinski definition) is 3. The van der Waals surface area contributed by atoms with Gasteiger partial charge in [0.2, 0.25) is 0 Å². The van der Waals surface area contributed by atoms with Crippen LogP contribution in [0.15, 0.2) is 30.3 Å². The van der Waals surface area contributed by atoms with Crippen molar-refractivity contribution < 1.29 is 9.90 Å². The fourth-order valence-electron chi connectivity index (χ4n) is 2.64. The maximum atomic E-state index is 10.8. The minimum absolute atomic E-state index is 0.275. The van der Waals surface area contributed by atoms with E-state index >= 15 is 0 Å². The van der Waals surface area contributed by atoms with Crippen molar-refractivity contribution in [2.24, 2.45) is 0 Å². The Morgan fingerprint density at radius 1 is 1.37 bits per heavy atom. The lowest BCUT2D eigenvalue weighted by Crippen LogP contribution is -2.42. The van der Waals surface area contributed by atoms with Crippen molar-refractivity contribution in [1.29, 1.82) is 0 Å². The van der Waals surface area contributed by atoms with Gasteiger partial charge >= 0.3 is 5.97 Å². The van der Waals surface area contributed by atoms with E-state index in [0.29, 0.717) is 6.04 Å². The van der Waals surface area contributed by atoms with Gasteiger partial charge in [-0.05, 0) is 25.8 Å². The van der Waals surface area contributed by atoms with Gasteiger partial charge in [0.1, 0.15) is 6.04 Å². The first-order valence-electron chi connectivity index (χ1n) is 6.85. The second kappa shape index (κ2) is 6.17. The number of likely N-dealkylation sites (tertiary alicyclic amines) is 1. The quantitative estimate of drug-likeness (QED) is 0.851. The lowest BCUT2D eigenvalue weighted by Gasteiger charge is -2.25. The summed E-state index contributed by atoms with van der Waals surface area (Å²) >= 11 is 0. The van der Waals surface area contributed by atoms with Crippen molar-refractivity contribution in [3.8, 4) is 0 Å². The maximum absolute atomic E-state index is 10.8. The number of benzene rings is 1. The van der Waals surface area contributed by atoms with E-state index in [4.69, 9.17) is 5.11 Å². The number of rotatable bonds is 5. The molecule has 0 aliphatic carbocycles. The van der Waals surface area contributed by atoms with Gasteiger partial charge in [-0.25, -0.2) is 0 Å². The monoisotopic (exact) mass is 262 g/mol. The van der Waals surface area contributed by atoms with Gasteiger partial charge < -0.3 is 10.4 Å². The summed E-state index contributed by atoms with van der Waals surface area (Å²) in [5, 5.41) is 12.1. The normalized spacial score (nSPS) is 23.2. The van der Waals surface area contributed by atoms with Gasteiger partial charge in [-0.3, -0.25) is 9.69 Å². The first-order valence-corrected chi connectivity index (χ1v) is 6.85. The molecule has 2 N–H and O–H groups in total. The lowest BCUT2D eigenvalue weighted by atomic mass is 10.1. The second-order valence-electron chi connectivity index (χ2n) is 5.29. The van der Waals surface area contributed by atoms with Crippen LogP contribution in [0.3, 0.4) is 0 Å². The maximum Gasteiger partial charge on any atom is 0.320 e. The largest absolute Gasteiger partial charge is 0.480 e. The Balaban J connectivity index is 1.90. The van der Waals surface area contributed by atoms with Gasteiger partial charge in [0.05, 0.1) is 0 Å². The third-order valence-electron chi connectivity index (χ3n) is 3.91. The van der Waals surface area contributed by atoms with Crippen LogP contribution in [0.4, 0.5) is 0 Å². The van der Waals surface area contributed by atoms with E-state index in [-0.39, 0.29) is 6.04 Å². The van der Waals surface area contributed by atoms with Crippen molar-refractivity contribution in [3.05, 3.63) is 35.9 Å². The summed E-state index contributed by atoms with van der Waals surface area (Å²) < 4.78 is 0. The molecule has 1 fully saturated rings. The Hall–Kier alpha value is -1.39. The third kappa shape index (κ3) is 3.55. The molecule has 0 spiro atoms. The average Bonchev–Trinajstić information content (AvgIpc) is 2.87. The van der Waals surface area contributed by atoms with Crippen molar-refractivity contribution in [2.45, 2.75) is 38.4 Å². The molecule has 4 heteroatoms. The van der Waals surface area contributed by atoms with Crippen LogP contribution in [-0.2, 0) is 4.79 Å². The van der Waals surface area contributed by atoms with Gasteiger partial charge in [-0.15, -0.1) is 0 Å². The second-order valence-corrected chi connectivity index (χ2v) is 5.29. The first-order chi connectivity index (χ1) is 9.08. The molecule has 3 atom stereocenters. The summed E-state index contributed by atoms with van der Waals surface area (Å²) in [5.74, 6) is -0.783. The molecule has 0 radical (unpaired) electrons. The Morgan fingerprint density at radius 2 is 2.05 bits per heavy atom. The molecule has 1 aliphatic heterocycles. The predicted octanol–water partition coefficient (Wildman–Crippen LogP) is 1.88. The van der Waals surface area contributed by atoms with Crippen molar-refractivity contribution >= 4 is 5.97 Å². The zero-order valence-corrected chi connectivity index (χ0v) is 11.5. The molecule has 0 amide bonds. The lowest BCUT2D eigenvalue weighted by molar-refractivity contribution is -0.139. The highest BCUT2D eigenvalue weighted by Gasteiger charge is 2.28. The van der Waals surface area contributed by atoms with E-state index in [9.17, 15) is 4.79 Å². The summed E-state index contributed by atoms with van der Waals surface area (Å²) in [6.07, 6.45) is 1.01. The van der Waals surface area contributed by atoms with E-state index in [1.54, 1.807) is 6.92 Å². The fraction of sp³-hybridized carbons (Fsp3) is 0.533. The van der Waals surface area contributed by atoms with Crippen LogP contribution in [0.5, 0.6) is 0 Å². The van der Waals surface area contributed by atoms with Gasteiger partial charge in [-0.1, -0.05) is 30.3 Å². The number of carboxylic acids is 1. The van der Waals surface area contributed by atoms with Crippen LogP contribution in [0.2, 0.25) is 0 Å². The zero-order valence-electron chi connectivity index (χ0n) is 11.5. The molecule has 2 rings (SSSR count). The minimum atomic E-state index is -0.783. The van der Waals surface area contributed by atoms with Crippen molar-refractivity contribution in [2.75, 3.05) is 13.1 Å². The van der Waals surface area contributed by atoms with E-state index in [1.165, 1.54) is 5.56 Å². The molecule has 0 bridgehead atoms. The van der Waals surface area contributed by atoms with Crippen LogP contribution in [0, 0.1) is 0 Å². The summed E-state index contributed by atoms with van der Waals surface area (Å²) in [7, 11) is 0. The highest BCUT2D eigenvalue weighted by atomic mass is 16.4. The van der Waals surface area contributed by atoms with Crippen LogP contribution < -0.4 is 5.32 Å². The van der Waals surface area contributed by atoms with Crippen molar-refractivity contribution in [1.82, 2.24) is 10.2 Å². The van der Waals surface area contributed by atoms with Gasteiger partial charge in [-0.2, -0.15) is 0 Å². The SMILES string of the molecule is CC(NC1CCN(C(C)c2ccccc2)C1)C(=O)O. The highest BCUT2D eigenvalue weighted by molar-refractivity contribution is 5.72. The van der Waals surface area contributed by atoms with Crippen LogP contribution in [0.1, 0.15) is 31.9 Å². The molecule has 1 heterocycles. The molecule has 3 unspecified atom stereocenters. The number of hydrogen-bond donors (Lipinski definition) is 2. The number of carbonyl (C=O) groups is 1. The standard InChI is InChI=1S/C15H22N2O2/c1-11(15(18)19)16-14-8-9-17(10-14)12(2)13-6-4-3-5-7-13/h3-7,11-12,14,16H,8-10H2,1-2H3,(H,18,19). The van der Waals surface area contributed by atoms with Crippen LogP contribution in [0.25, 0.3) is 0 Å². The molecule has 1 aromatic rings. The summed E-state index contributed by atoms with van der Waals surface area (Å²) in [6, 6.07) is 10.6. The van der Waals surface area contributed by atoms with Gasteiger partial charge in [0.25, 0.3) is 0 Å². The number of nitrogens with one attached hydrogen (secondary N) is 1. The molecule has 19 heavy (non-hydrogen) atoms. The number of aliphatic carboxylic acids is 1. The van der Waals surface area contributed by atoms with E-state index in [1.807, 2.05) is 6.07 Å². The molecular formula is C15H22N2O2. The Kier molecular flexibility index (Phi) is 4.56. The molecule has 0 saturated carbocycles. The summed E-state index contributed by atoms with van der Waals surface area (Å²) in [4.78, 5) is 13.3.